The van der Waals surface area contributed by atoms with E-state index >= 15 is 0 Å². The van der Waals surface area contributed by atoms with Gasteiger partial charge < -0.3 is 10.2 Å². The van der Waals surface area contributed by atoms with Gasteiger partial charge in [-0.25, -0.2) is 9.37 Å². The zero-order chi connectivity index (χ0) is 19.5. The van der Waals surface area contributed by atoms with Crippen LogP contribution in [-0.4, -0.2) is 27.7 Å². The standard InChI is InChI=1S/C22H24FN3O2/c23-18-10-6-9-16-17(18)14-26(22(16)28)19(13-15-7-2-1-3-8-15)21(27)25-20-11-4-5-12-24-20/h4-6,9-12,15,19H,1-3,7-8,13-14H2,(H,24,25,27)/t19-/m1/s1. The third kappa shape index (κ3) is 3.77. The molecule has 1 saturated carbocycles. The van der Waals surface area contributed by atoms with E-state index in [9.17, 15) is 14.0 Å². The van der Waals surface area contributed by atoms with Crippen LogP contribution in [0.3, 0.4) is 0 Å². The number of halogens is 1. The maximum atomic E-state index is 14.2. The molecular weight excluding hydrogens is 357 g/mol. The Morgan fingerprint density at radius 3 is 2.71 bits per heavy atom. The van der Waals surface area contributed by atoms with Crippen LogP contribution in [0, 0.1) is 11.7 Å². The van der Waals surface area contributed by atoms with Crippen LogP contribution in [-0.2, 0) is 11.3 Å². The second kappa shape index (κ2) is 8.09. The number of amides is 2. The maximum absolute atomic E-state index is 14.2. The van der Waals surface area contributed by atoms with Crippen molar-refractivity contribution in [2.75, 3.05) is 5.32 Å². The number of anilines is 1. The van der Waals surface area contributed by atoms with Gasteiger partial charge in [0.25, 0.3) is 5.91 Å². The average molecular weight is 381 g/mol. The molecule has 0 saturated heterocycles. The fourth-order valence-electron chi connectivity index (χ4n) is 4.33. The molecule has 1 atom stereocenters. The molecule has 2 amide bonds. The van der Waals surface area contributed by atoms with Gasteiger partial charge in [0.15, 0.2) is 0 Å². The zero-order valence-corrected chi connectivity index (χ0v) is 15.7. The van der Waals surface area contributed by atoms with Crippen molar-refractivity contribution in [3.05, 3.63) is 59.5 Å². The third-order valence-electron chi connectivity index (χ3n) is 5.81. The van der Waals surface area contributed by atoms with Crippen LogP contribution in [0.1, 0.15) is 54.4 Å². The molecule has 1 aliphatic heterocycles. The lowest BCUT2D eigenvalue weighted by atomic mass is 9.84. The first kappa shape index (κ1) is 18.6. The monoisotopic (exact) mass is 381 g/mol. The summed E-state index contributed by atoms with van der Waals surface area (Å²) in [4.78, 5) is 31.7. The number of hydrogen-bond donors (Lipinski definition) is 1. The van der Waals surface area contributed by atoms with E-state index in [-0.39, 0.29) is 18.4 Å². The first-order valence-electron chi connectivity index (χ1n) is 9.93. The number of hydrogen-bond acceptors (Lipinski definition) is 3. The first-order valence-corrected chi connectivity index (χ1v) is 9.93. The van der Waals surface area contributed by atoms with Crippen LogP contribution in [0.15, 0.2) is 42.6 Å². The Morgan fingerprint density at radius 1 is 1.18 bits per heavy atom. The van der Waals surface area contributed by atoms with E-state index in [0.29, 0.717) is 29.3 Å². The number of rotatable bonds is 5. The summed E-state index contributed by atoms with van der Waals surface area (Å²) in [5, 5.41) is 2.83. The molecule has 2 aromatic rings. The highest BCUT2D eigenvalue weighted by atomic mass is 19.1. The molecule has 28 heavy (non-hydrogen) atoms. The number of benzene rings is 1. The average Bonchev–Trinajstić information content (AvgIpc) is 3.05. The highest BCUT2D eigenvalue weighted by molar-refractivity contribution is 6.03. The lowest BCUT2D eigenvalue weighted by Crippen LogP contribution is -2.45. The van der Waals surface area contributed by atoms with Crippen LogP contribution < -0.4 is 5.32 Å². The molecule has 1 aromatic carbocycles. The molecule has 2 heterocycles. The topological polar surface area (TPSA) is 62.3 Å². The smallest absolute Gasteiger partial charge is 0.255 e. The van der Waals surface area contributed by atoms with Crippen molar-refractivity contribution in [3.63, 3.8) is 0 Å². The number of carbonyl (C=O) groups is 2. The zero-order valence-electron chi connectivity index (χ0n) is 15.7. The number of nitrogens with one attached hydrogen (secondary N) is 1. The van der Waals surface area contributed by atoms with Crippen LogP contribution in [0.4, 0.5) is 10.2 Å². The molecule has 1 N–H and O–H groups in total. The van der Waals surface area contributed by atoms with Crippen molar-refractivity contribution >= 4 is 17.6 Å². The summed E-state index contributed by atoms with van der Waals surface area (Å²) in [5.41, 5.74) is 0.742. The second-order valence-electron chi connectivity index (χ2n) is 7.66. The highest BCUT2D eigenvalue weighted by Crippen LogP contribution is 2.33. The molecule has 1 aromatic heterocycles. The summed E-state index contributed by atoms with van der Waals surface area (Å²) < 4.78 is 14.2. The number of carbonyl (C=O) groups excluding carboxylic acids is 2. The fourth-order valence-corrected chi connectivity index (χ4v) is 4.33. The van der Waals surface area contributed by atoms with E-state index in [1.165, 1.54) is 17.4 Å². The third-order valence-corrected chi connectivity index (χ3v) is 5.81. The summed E-state index contributed by atoms with van der Waals surface area (Å²) >= 11 is 0. The normalized spacial score (nSPS) is 18.0. The predicted molar refractivity (Wildman–Crippen MR) is 104 cm³/mol. The largest absolute Gasteiger partial charge is 0.322 e. The first-order chi connectivity index (χ1) is 13.6. The summed E-state index contributed by atoms with van der Waals surface area (Å²) in [6, 6.07) is 9.19. The van der Waals surface area contributed by atoms with Crippen molar-refractivity contribution in [2.24, 2.45) is 5.92 Å². The minimum Gasteiger partial charge on any atom is -0.322 e. The Bertz CT molecular complexity index is 865. The van der Waals surface area contributed by atoms with Crippen LogP contribution in [0.2, 0.25) is 0 Å². The summed E-state index contributed by atoms with van der Waals surface area (Å²) in [7, 11) is 0. The van der Waals surface area contributed by atoms with Crippen molar-refractivity contribution < 1.29 is 14.0 Å². The van der Waals surface area contributed by atoms with Crippen molar-refractivity contribution in [2.45, 2.75) is 51.1 Å². The van der Waals surface area contributed by atoms with Gasteiger partial charge in [0, 0.05) is 17.3 Å². The summed E-state index contributed by atoms with van der Waals surface area (Å²) in [6.45, 7) is 0.133. The Kier molecular flexibility index (Phi) is 5.37. The summed E-state index contributed by atoms with van der Waals surface area (Å²) in [6.07, 6.45) is 7.87. The molecule has 1 fully saturated rings. The molecule has 0 unspecified atom stereocenters. The van der Waals surface area contributed by atoms with E-state index in [1.807, 2.05) is 0 Å². The Morgan fingerprint density at radius 2 is 2.00 bits per heavy atom. The Balaban J connectivity index is 1.58. The number of aromatic nitrogens is 1. The molecule has 2 aliphatic rings. The number of pyridine rings is 1. The van der Waals surface area contributed by atoms with Gasteiger partial charge in [-0.15, -0.1) is 0 Å². The van der Waals surface area contributed by atoms with Crippen LogP contribution in [0.25, 0.3) is 0 Å². The number of fused-ring (bicyclic) bond motifs is 1. The van der Waals surface area contributed by atoms with Gasteiger partial charge in [0.05, 0.1) is 6.54 Å². The maximum Gasteiger partial charge on any atom is 0.255 e. The van der Waals surface area contributed by atoms with Gasteiger partial charge >= 0.3 is 0 Å². The van der Waals surface area contributed by atoms with Crippen molar-refractivity contribution in [1.29, 1.82) is 0 Å². The molecule has 5 nitrogen and oxygen atoms in total. The minimum atomic E-state index is -0.635. The lowest BCUT2D eigenvalue weighted by molar-refractivity contribution is -0.121. The molecule has 6 heteroatoms. The van der Waals surface area contributed by atoms with Crippen LogP contribution >= 0.6 is 0 Å². The lowest BCUT2D eigenvalue weighted by Gasteiger charge is -2.31. The Labute approximate surface area is 164 Å². The molecule has 1 aliphatic carbocycles. The second-order valence-corrected chi connectivity index (χ2v) is 7.66. The van der Waals surface area contributed by atoms with Crippen molar-refractivity contribution in [1.82, 2.24) is 9.88 Å². The van der Waals surface area contributed by atoms with Gasteiger partial charge in [0.1, 0.15) is 17.7 Å². The molecule has 0 spiro atoms. The van der Waals surface area contributed by atoms with Crippen LogP contribution in [0.5, 0.6) is 0 Å². The van der Waals surface area contributed by atoms with Gasteiger partial charge in [-0.05, 0) is 36.6 Å². The predicted octanol–water partition coefficient (Wildman–Crippen LogP) is 4.15. The molecular formula is C22H24FN3O2. The van der Waals surface area contributed by atoms with Gasteiger partial charge in [-0.2, -0.15) is 0 Å². The minimum absolute atomic E-state index is 0.133. The van der Waals surface area contributed by atoms with E-state index in [2.05, 4.69) is 10.3 Å². The van der Waals surface area contributed by atoms with E-state index < -0.39 is 11.9 Å². The van der Waals surface area contributed by atoms with E-state index in [1.54, 1.807) is 36.5 Å². The van der Waals surface area contributed by atoms with E-state index in [4.69, 9.17) is 0 Å². The number of nitrogens with zero attached hydrogens (tertiary/aromatic N) is 2. The van der Waals surface area contributed by atoms with Crippen molar-refractivity contribution in [3.8, 4) is 0 Å². The molecule has 0 bridgehead atoms. The quantitative estimate of drug-likeness (QED) is 0.846. The SMILES string of the molecule is O=C(Nc1ccccn1)[C@@H](CC1CCCCC1)N1Cc2c(F)cccc2C1=O. The van der Waals surface area contributed by atoms with Gasteiger partial charge in [-0.1, -0.05) is 44.2 Å². The summed E-state index contributed by atoms with van der Waals surface area (Å²) in [5.74, 6) is -0.0710. The molecule has 0 radical (unpaired) electrons. The van der Waals surface area contributed by atoms with Gasteiger partial charge in [0.2, 0.25) is 5.91 Å². The van der Waals surface area contributed by atoms with E-state index in [0.717, 1.165) is 25.7 Å². The Hall–Kier alpha value is -2.76. The molecule has 4 rings (SSSR count). The molecule has 146 valence electrons. The fraction of sp³-hybridized carbons (Fsp3) is 0.409. The van der Waals surface area contributed by atoms with Gasteiger partial charge in [-0.3, -0.25) is 9.59 Å². The highest BCUT2D eigenvalue weighted by Gasteiger charge is 2.39.